The predicted octanol–water partition coefficient (Wildman–Crippen LogP) is 0.591. The van der Waals surface area contributed by atoms with E-state index in [0.717, 1.165) is 4.90 Å². The molecule has 1 aliphatic heterocycles. The van der Waals surface area contributed by atoms with Gasteiger partial charge in [-0.05, 0) is 19.1 Å². The SMILES string of the molecule is COC[C@]1(C)NC(=O)N(CC(=O)Nc2cccc(OC)c2)C1=O. The number of amides is 4. The van der Waals surface area contributed by atoms with Crippen LogP contribution in [0.5, 0.6) is 5.75 Å². The maximum Gasteiger partial charge on any atom is 0.325 e. The second-order valence-electron chi connectivity index (χ2n) is 5.37. The van der Waals surface area contributed by atoms with Crippen LogP contribution >= 0.6 is 0 Å². The summed E-state index contributed by atoms with van der Waals surface area (Å²) >= 11 is 0. The summed E-state index contributed by atoms with van der Waals surface area (Å²) in [5.74, 6) is -0.390. The van der Waals surface area contributed by atoms with E-state index in [0.29, 0.717) is 11.4 Å². The molecule has 0 saturated carbocycles. The van der Waals surface area contributed by atoms with Gasteiger partial charge in [0.1, 0.15) is 17.8 Å². The van der Waals surface area contributed by atoms with Gasteiger partial charge in [-0.15, -0.1) is 0 Å². The molecule has 1 aromatic rings. The van der Waals surface area contributed by atoms with E-state index in [1.807, 2.05) is 0 Å². The monoisotopic (exact) mass is 321 g/mol. The van der Waals surface area contributed by atoms with E-state index in [2.05, 4.69) is 10.6 Å². The number of anilines is 1. The van der Waals surface area contributed by atoms with Gasteiger partial charge in [-0.3, -0.25) is 14.5 Å². The maximum atomic E-state index is 12.3. The van der Waals surface area contributed by atoms with Crippen molar-refractivity contribution >= 4 is 23.5 Å². The van der Waals surface area contributed by atoms with Crippen molar-refractivity contribution in [3.63, 3.8) is 0 Å². The summed E-state index contributed by atoms with van der Waals surface area (Å²) in [5, 5.41) is 5.15. The molecule has 4 amide bonds. The summed E-state index contributed by atoms with van der Waals surface area (Å²) in [5.41, 5.74) is -0.636. The molecule has 0 spiro atoms. The summed E-state index contributed by atoms with van der Waals surface area (Å²) < 4.78 is 10.0. The Hall–Kier alpha value is -2.61. The highest BCUT2D eigenvalue weighted by atomic mass is 16.5. The number of benzene rings is 1. The highest BCUT2D eigenvalue weighted by Crippen LogP contribution is 2.19. The van der Waals surface area contributed by atoms with Gasteiger partial charge < -0.3 is 20.1 Å². The van der Waals surface area contributed by atoms with Crippen molar-refractivity contribution in [2.45, 2.75) is 12.5 Å². The third-order valence-corrected chi connectivity index (χ3v) is 3.43. The molecule has 0 bridgehead atoms. The Bertz CT molecular complexity index is 633. The first-order valence-electron chi connectivity index (χ1n) is 6.96. The van der Waals surface area contributed by atoms with Crippen LogP contribution in [0.3, 0.4) is 0 Å². The number of nitrogens with one attached hydrogen (secondary N) is 2. The number of methoxy groups -OCH3 is 2. The summed E-state index contributed by atoms with van der Waals surface area (Å²) in [4.78, 5) is 37.1. The number of carbonyl (C=O) groups is 3. The lowest BCUT2D eigenvalue weighted by atomic mass is 10.0. The van der Waals surface area contributed by atoms with E-state index < -0.39 is 23.4 Å². The zero-order chi connectivity index (χ0) is 17.0. The molecular weight excluding hydrogens is 302 g/mol. The molecule has 0 aliphatic carbocycles. The molecule has 1 heterocycles. The molecule has 8 heteroatoms. The number of carbonyl (C=O) groups excluding carboxylic acids is 3. The Kier molecular flexibility index (Phi) is 4.85. The molecule has 8 nitrogen and oxygen atoms in total. The second-order valence-corrected chi connectivity index (χ2v) is 5.37. The van der Waals surface area contributed by atoms with Gasteiger partial charge in [0.25, 0.3) is 5.91 Å². The fourth-order valence-electron chi connectivity index (χ4n) is 2.32. The van der Waals surface area contributed by atoms with Gasteiger partial charge in [0.05, 0.1) is 13.7 Å². The van der Waals surface area contributed by atoms with Gasteiger partial charge in [-0.2, -0.15) is 0 Å². The third-order valence-electron chi connectivity index (χ3n) is 3.43. The second kappa shape index (κ2) is 6.66. The fraction of sp³-hybridized carbons (Fsp3) is 0.400. The predicted molar refractivity (Wildman–Crippen MR) is 82.1 cm³/mol. The Labute approximate surface area is 133 Å². The van der Waals surface area contributed by atoms with Crippen molar-refractivity contribution in [2.75, 3.05) is 32.7 Å². The average Bonchev–Trinajstić information content (AvgIpc) is 2.71. The number of hydrogen-bond acceptors (Lipinski definition) is 5. The molecule has 1 atom stereocenters. The molecule has 1 aliphatic rings. The van der Waals surface area contributed by atoms with Crippen LogP contribution in [0.4, 0.5) is 10.5 Å². The van der Waals surface area contributed by atoms with E-state index in [1.165, 1.54) is 14.2 Å². The summed E-state index contributed by atoms with van der Waals surface area (Å²) in [6.45, 7) is 1.21. The zero-order valence-electron chi connectivity index (χ0n) is 13.2. The lowest BCUT2D eigenvalue weighted by Gasteiger charge is -2.20. The molecule has 0 aromatic heterocycles. The summed E-state index contributed by atoms with van der Waals surface area (Å²) in [6.07, 6.45) is 0. The van der Waals surface area contributed by atoms with Gasteiger partial charge in [0.2, 0.25) is 5.91 Å². The zero-order valence-corrected chi connectivity index (χ0v) is 13.2. The van der Waals surface area contributed by atoms with Crippen LogP contribution < -0.4 is 15.4 Å². The number of imide groups is 1. The Morgan fingerprint density at radius 1 is 1.35 bits per heavy atom. The summed E-state index contributed by atoms with van der Waals surface area (Å²) in [6, 6.07) is 6.16. The molecule has 2 N–H and O–H groups in total. The van der Waals surface area contributed by atoms with Crippen LogP contribution in [0.1, 0.15) is 6.92 Å². The number of hydrogen-bond donors (Lipinski definition) is 2. The first-order chi connectivity index (χ1) is 10.9. The molecule has 2 rings (SSSR count). The van der Waals surface area contributed by atoms with E-state index >= 15 is 0 Å². The first-order valence-corrected chi connectivity index (χ1v) is 6.96. The van der Waals surface area contributed by atoms with Crippen molar-refractivity contribution in [1.29, 1.82) is 0 Å². The van der Waals surface area contributed by atoms with Crippen molar-refractivity contribution in [3.05, 3.63) is 24.3 Å². The molecular formula is C15H19N3O5. The first kappa shape index (κ1) is 16.8. The van der Waals surface area contributed by atoms with Crippen LogP contribution in [-0.4, -0.2) is 55.7 Å². The van der Waals surface area contributed by atoms with Crippen LogP contribution in [-0.2, 0) is 14.3 Å². The standard InChI is InChI=1S/C15H19N3O5/c1-15(9-22-2)13(20)18(14(21)17-15)8-12(19)16-10-5-4-6-11(7-10)23-3/h4-7H,8-9H2,1-3H3,(H,16,19)(H,17,21)/t15-/m0/s1. The third kappa shape index (κ3) is 3.59. The highest BCUT2D eigenvalue weighted by Gasteiger charge is 2.48. The lowest BCUT2D eigenvalue weighted by Crippen LogP contribution is -2.48. The molecule has 124 valence electrons. The maximum absolute atomic E-state index is 12.3. The normalized spacial score (nSPS) is 20.4. The van der Waals surface area contributed by atoms with Crippen molar-refractivity contribution < 1.29 is 23.9 Å². The van der Waals surface area contributed by atoms with E-state index in [1.54, 1.807) is 31.2 Å². The average molecular weight is 321 g/mol. The number of ether oxygens (including phenoxy) is 2. The van der Waals surface area contributed by atoms with Crippen LogP contribution in [0, 0.1) is 0 Å². The number of urea groups is 1. The van der Waals surface area contributed by atoms with Crippen molar-refractivity contribution in [3.8, 4) is 5.75 Å². The fourth-order valence-corrected chi connectivity index (χ4v) is 2.32. The Morgan fingerprint density at radius 2 is 2.09 bits per heavy atom. The molecule has 23 heavy (non-hydrogen) atoms. The van der Waals surface area contributed by atoms with Crippen molar-refractivity contribution in [2.24, 2.45) is 0 Å². The largest absolute Gasteiger partial charge is 0.497 e. The summed E-state index contributed by atoms with van der Waals surface area (Å²) in [7, 11) is 2.95. The van der Waals surface area contributed by atoms with Gasteiger partial charge in [0, 0.05) is 18.9 Å². The van der Waals surface area contributed by atoms with Gasteiger partial charge in [-0.25, -0.2) is 4.79 Å². The van der Waals surface area contributed by atoms with Gasteiger partial charge in [-0.1, -0.05) is 6.07 Å². The minimum absolute atomic E-state index is 0.0333. The molecule has 1 fully saturated rings. The van der Waals surface area contributed by atoms with Crippen LogP contribution in [0.15, 0.2) is 24.3 Å². The van der Waals surface area contributed by atoms with E-state index in [9.17, 15) is 14.4 Å². The van der Waals surface area contributed by atoms with Crippen molar-refractivity contribution in [1.82, 2.24) is 10.2 Å². The lowest BCUT2D eigenvalue weighted by molar-refractivity contribution is -0.134. The quantitative estimate of drug-likeness (QED) is 0.748. The topological polar surface area (TPSA) is 97.0 Å². The highest BCUT2D eigenvalue weighted by molar-refractivity contribution is 6.10. The van der Waals surface area contributed by atoms with E-state index in [-0.39, 0.29) is 13.2 Å². The van der Waals surface area contributed by atoms with Gasteiger partial charge >= 0.3 is 6.03 Å². The minimum atomic E-state index is -1.15. The van der Waals surface area contributed by atoms with Crippen LogP contribution in [0.25, 0.3) is 0 Å². The number of nitrogens with zero attached hydrogens (tertiary/aromatic N) is 1. The molecule has 0 radical (unpaired) electrons. The van der Waals surface area contributed by atoms with E-state index in [4.69, 9.17) is 9.47 Å². The van der Waals surface area contributed by atoms with Crippen LogP contribution in [0.2, 0.25) is 0 Å². The molecule has 1 saturated heterocycles. The minimum Gasteiger partial charge on any atom is -0.497 e. The Morgan fingerprint density at radius 3 is 2.74 bits per heavy atom. The molecule has 1 aromatic carbocycles. The smallest absolute Gasteiger partial charge is 0.325 e. The number of rotatable bonds is 6. The van der Waals surface area contributed by atoms with Gasteiger partial charge in [0.15, 0.2) is 0 Å². The molecule has 0 unspecified atom stereocenters. The Balaban J connectivity index is 2.02.